The molecule has 0 aromatic rings. The molecule has 0 saturated carbocycles. The summed E-state index contributed by atoms with van der Waals surface area (Å²) in [5, 5.41) is 3.36. The number of hydrogen-bond acceptors (Lipinski definition) is 2. The van der Waals surface area contributed by atoms with Crippen LogP contribution in [-0.4, -0.2) is 26.3 Å². The number of nitrogens with one attached hydrogen (secondary N) is 1. The topological polar surface area (TPSA) is 21.3 Å². The van der Waals surface area contributed by atoms with E-state index in [-0.39, 0.29) is 0 Å². The molecule has 0 heterocycles. The van der Waals surface area contributed by atoms with Gasteiger partial charge in [-0.1, -0.05) is 19.4 Å². The van der Waals surface area contributed by atoms with E-state index in [0.29, 0.717) is 0 Å². The average Bonchev–Trinajstić information content (AvgIpc) is 2.08. The lowest BCUT2D eigenvalue weighted by atomic mass is 10.1. The van der Waals surface area contributed by atoms with Crippen LogP contribution < -0.4 is 5.32 Å². The predicted octanol–water partition coefficient (Wildman–Crippen LogP) is 2.60. The minimum atomic E-state index is 0.784. The number of hydrogen-bond donors (Lipinski definition) is 1. The Hall–Kier alpha value is -0.340. The van der Waals surface area contributed by atoms with Crippen LogP contribution in [0.5, 0.6) is 0 Å². The molecule has 0 aromatic carbocycles. The molecule has 0 atom stereocenters. The maximum Gasteiger partial charge on any atom is 0.0591 e. The van der Waals surface area contributed by atoms with Gasteiger partial charge in [0, 0.05) is 6.54 Å². The molecule has 0 bridgehead atoms. The van der Waals surface area contributed by atoms with Crippen molar-refractivity contribution >= 4 is 0 Å². The lowest BCUT2D eigenvalue weighted by Crippen LogP contribution is -2.22. The highest BCUT2D eigenvalue weighted by atomic mass is 16.5. The summed E-state index contributed by atoms with van der Waals surface area (Å²) in [6.45, 7) is 14.0. The smallest absolute Gasteiger partial charge is 0.0591 e. The molecule has 0 unspecified atom stereocenters. The predicted molar refractivity (Wildman–Crippen MR) is 62.6 cm³/mol. The fraction of sp³-hybridized carbons (Fsp3) is 0.833. The first-order valence-electron chi connectivity index (χ1n) is 5.55. The minimum absolute atomic E-state index is 0.784. The van der Waals surface area contributed by atoms with Crippen molar-refractivity contribution < 1.29 is 4.74 Å². The first-order valence-corrected chi connectivity index (χ1v) is 5.55. The van der Waals surface area contributed by atoms with Gasteiger partial charge in [-0.2, -0.15) is 0 Å². The van der Waals surface area contributed by atoms with Gasteiger partial charge in [0.1, 0.15) is 0 Å². The van der Waals surface area contributed by atoms with Crippen molar-refractivity contribution in [1.29, 1.82) is 0 Å². The van der Waals surface area contributed by atoms with Crippen LogP contribution in [0.25, 0.3) is 0 Å². The van der Waals surface area contributed by atoms with E-state index in [9.17, 15) is 0 Å². The van der Waals surface area contributed by atoms with E-state index in [4.69, 9.17) is 4.74 Å². The van der Waals surface area contributed by atoms with Crippen molar-refractivity contribution in [3.63, 3.8) is 0 Å². The average molecular weight is 199 g/mol. The lowest BCUT2D eigenvalue weighted by molar-refractivity contribution is 0.139. The Morgan fingerprint density at radius 2 is 2.00 bits per heavy atom. The monoisotopic (exact) mass is 199 g/mol. The SMILES string of the molecule is C=C(C)CCOCCNCCC(C)C. The van der Waals surface area contributed by atoms with E-state index in [2.05, 4.69) is 25.7 Å². The van der Waals surface area contributed by atoms with Crippen molar-refractivity contribution in [3.05, 3.63) is 12.2 Å². The Bertz CT molecular complexity index is 143. The second kappa shape index (κ2) is 9.22. The van der Waals surface area contributed by atoms with Gasteiger partial charge in [0.05, 0.1) is 13.2 Å². The zero-order chi connectivity index (χ0) is 10.8. The maximum atomic E-state index is 5.43. The molecule has 0 saturated heterocycles. The Kier molecular flexibility index (Phi) is 9.00. The van der Waals surface area contributed by atoms with Crippen molar-refractivity contribution in [1.82, 2.24) is 5.32 Å². The third-order valence-corrected chi connectivity index (χ3v) is 1.99. The van der Waals surface area contributed by atoms with Crippen LogP contribution in [0.15, 0.2) is 12.2 Å². The van der Waals surface area contributed by atoms with Gasteiger partial charge < -0.3 is 10.1 Å². The molecule has 1 N–H and O–H groups in total. The standard InChI is InChI=1S/C12H25NO/c1-11(2)5-7-13-8-10-14-9-6-12(3)4/h11,13H,3,5-10H2,1-2,4H3. The summed E-state index contributed by atoms with van der Waals surface area (Å²) < 4.78 is 5.43. The highest BCUT2D eigenvalue weighted by Crippen LogP contribution is 1.96. The van der Waals surface area contributed by atoms with Gasteiger partial charge >= 0.3 is 0 Å². The van der Waals surface area contributed by atoms with Gasteiger partial charge in [0.2, 0.25) is 0 Å². The van der Waals surface area contributed by atoms with Gasteiger partial charge in [-0.25, -0.2) is 0 Å². The van der Waals surface area contributed by atoms with E-state index in [0.717, 1.165) is 38.6 Å². The first kappa shape index (κ1) is 13.7. The van der Waals surface area contributed by atoms with Gasteiger partial charge in [0.15, 0.2) is 0 Å². The van der Waals surface area contributed by atoms with E-state index in [1.54, 1.807) is 0 Å². The van der Waals surface area contributed by atoms with Crippen molar-refractivity contribution in [2.24, 2.45) is 5.92 Å². The molecule has 0 rings (SSSR count). The molecule has 0 radical (unpaired) electrons. The number of rotatable bonds is 9. The fourth-order valence-electron chi connectivity index (χ4n) is 1.01. The zero-order valence-corrected chi connectivity index (χ0v) is 9.94. The summed E-state index contributed by atoms with van der Waals surface area (Å²) in [4.78, 5) is 0. The summed E-state index contributed by atoms with van der Waals surface area (Å²) in [6, 6.07) is 0. The quantitative estimate of drug-likeness (QED) is 0.455. The Morgan fingerprint density at radius 1 is 1.29 bits per heavy atom. The van der Waals surface area contributed by atoms with Crippen LogP contribution >= 0.6 is 0 Å². The van der Waals surface area contributed by atoms with Gasteiger partial charge in [-0.3, -0.25) is 0 Å². The van der Waals surface area contributed by atoms with E-state index < -0.39 is 0 Å². The molecule has 0 spiro atoms. The molecule has 0 amide bonds. The Balaban J connectivity index is 2.96. The molecule has 14 heavy (non-hydrogen) atoms. The minimum Gasteiger partial charge on any atom is -0.380 e. The maximum absolute atomic E-state index is 5.43. The third kappa shape index (κ3) is 11.7. The Labute approximate surface area is 88.7 Å². The largest absolute Gasteiger partial charge is 0.380 e. The van der Waals surface area contributed by atoms with E-state index in [1.165, 1.54) is 12.0 Å². The van der Waals surface area contributed by atoms with Crippen molar-refractivity contribution in [3.8, 4) is 0 Å². The normalized spacial score (nSPS) is 10.9. The summed E-state index contributed by atoms with van der Waals surface area (Å²) in [7, 11) is 0. The molecule has 0 aliphatic carbocycles. The van der Waals surface area contributed by atoms with Gasteiger partial charge in [-0.05, 0) is 32.2 Å². The third-order valence-electron chi connectivity index (χ3n) is 1.99. The second-order valence-electron chi connectivity index (χ2n) is 4.25. The van der Waals surface area contributed by atoms with Gasteiger partial charge in [0.25, 0.3) is 0 Å². The molecule has 84 valence electrons. The first-order chi connectivity index (χ1) is 6.63. The van der Waals surface area contributed by atoms with Crippen molar-refractivity contribution in [2.45, 2.75) is 33.6 Å². The Morgan fingerprint density at radius 3 is 2.57 bits per heavy atom. The highest BCUT2D eigenvalue weighted by molar-refractivity contribution is 4.86. The van der Waals surface area contributed by atoms with Crippen LogP contribution in [0, 0.1) is 5.92 Å². The van der Waals surface area contributed by atoms with Crippen LogP contribution in [-0.2, 0) is 4.74 Å². The lowest BCUT2D eigenvalue weighted by Gasteiger charge is -2.07. The van der Waals surface area contributed by atoms with Crippen LogP contribution in [0.1, 0.15) is 33.6 Å². The zero-order valence-electron chi connectivity index (χ0n) is 9.94. The van der Waals surface area contributed by atoms with Crippen LogP contribution in [0.3, 0.4) is 0 Å². The van der Waals surface area contributed by atoms with E-state index in [1.807, 2.05) is 6.92 Å². The second-order valence-corrected chi connectivity index (χ2v) is 4.25. The number of ether oxygens (including phenoxy) is 1. The summed E-state index contributed by atoms with van der Waals surface area (Å²) in [5.41, 5.74) is 1.19. The van der Waals surface area contributed by atoms with Crippen molar-refractivity contribution in [2.75, 3.05) is 26.3 Å². The molecular formula is C12H25NO. The summed E-state index contributed by atoms with van der Waals surface area (Å²) >= 11 is 0. The fourth-order valence-corrected chi connectivity index (χ4v) is 1.01. The molecule has 0 aromatic heterocycles. The molecule has 2 heteroatoms. The molecule has 0 fully saturated rings. The molecular weight excluding hydrogens is 174 g/mol. The molecule has 0 aliphatic rings. The van der Waals surface area contributed by atoms with Gasteiger partial charge in [-0.15, -0.1) is 6.58 Å². The molecule has 0 aliphatic heterocycles. The molecule has 2 nitrogen and oxygen atoms in total. The highest BCUT2D eigenvalue weighted by Gasteiger charge is 1.93. The summed E-state index contributed by atoms with van der Waals surface area (Å²) in [5.74, 6) is 0.784. The van der Waals surface area contributed by atoms with Crippen LogP contribution in [0.2, 0.25) is 0 Å². The summed E-state index contributed by atoms with van der Waals surface area (Å²) in [6.07, 6.45) is 2.22. The van der Waals surface area contributed by atoms with Crippen LogP contribution in [0.4, 0.5) is 0 Å². The van der Waals surface area contributed by atoms with E-state index >= 15 is 0 Å².